The van der Waals surface area contributed by atoms with Crippen LogP contribution in [-0.4, -0.2) is 128 Å². The van der Waals surface area contributed by atoms with Gasteiger partial charge >= 0.3 is 12.1 Å². The first-order valence-corrected chi connectivity index (χ1v) is 11.5. The zero-order valence-corrected chi connectivity index (χ0v) is 19.3. The van der Waals surface area contributed by atoms with Gasteiger partial charge in [0.15, 0.2) is 0 Å². The summed E-state index contributed by atoms with van der Waals surface area (Å²) in [6.45, 7) is 3.64. The van der Waals surface area contributed by atoms with Crippen LogP contribution in [0.2, 0.25) is 0 Å². The van der Waals surface area contributed by atoms with Crippen molar-refractivity contribution in [1.82, 2.24) is 15.1 Å². The number of rotatable bonds is 22. The minimum absolute atomic E-state index is 0.000240. The van der Waals surface area contributed by atoms with E-state index < -0.39 is 6.09 Å². The van der Waals surface area contributed by atoms with E-state index in [0.29, 0.717) is 52.2 Å². The molecule has 32 heavy (non-hydrogen) atoms. The number of alkyl carbamates (subject to hydrolysis) is 1. The first-order valence-electron chi connectivity index (χ1n) is 11.5. The Morgan fingerprint density at radius 1 is 0.625 bits per heavy atom. The second-order valence-electron chi connectivity index (χ2n) is 7.38. The minimum atomic E-state index is -0.475. The molecule has 190 valence electrons. The fraction of sp³-hybridized carbons (Fsp3) is 0.905. The summed E-state index contributed by atoms with van der Waals surface area (Å²) in [5.41, 5.74) is 0. The van der Waals surface area contributed by atoms with Crippen LogP contribution in [0.15, 0.2) is 0 Å². The number of esters is 1. The number of amides is 1. The van der Waals surface area contributed by atoms with Gasteiger partial charge in [0.05, 0.1) is 26.4 Å². The van der Waals surface area contributed by atoms with Gasteiger partial charge in [-0.25, -0.2) is 4.79 Å². The van der Waals surface area contributed by atoms with Crippen molar-refractivity contribution < 1.29 is 39.5 Å². The molecule has 1 amide bonds. The molecule has 0 heterocycles. The predicted molar refractivity (Wildman–Crippen MR) is 119 cm³/mol. The summed E-state index contributed by atoms with van der Waals surface area (Å²) in [5, 5.41) is 38.4. The van der Waals surface area contributed by atoms with Crippen LogP contribution in [-0.2, 0) is 14.3 Å². The highest BCUT2D eigenvalue weighted by molar-refractivity contribution is 5.69. The topological polar surface area (TPSA) is 152 Å². The van der Waals surface area contributed by atoms with E-state index in [1.165, 1.54) is 0 Å². The second kappa shape index (κ2) is 22.7. The molecule has 0 rings (SSSR count). The average molecular weight is 466 g/mol. The number of nitrogens with zero attached hydrogens (tertiary/aromatic N) is 2. The molecule has 0 aliphatic heterocycles. The molecular formula is C21H43N3O8. The summed E-state index contributed by atoms with van der Waals surface area (Å²) in [6.07, 6.45) is 4.28. The number of carbonyl (C=O) groups excluding carboxylic acids is 2. The minimum Gasteiger partial charge on any atom is -0.464 e. The third-order valence-corrected chi connectivity index (χ3v) is 4.80. The fourth-order valence-electron chi connectivity index (χ4n) is 3.03. The number of carbonyl (C=O) groups is 2. The third-order valence-electron chi connectivity index (χ3n) is 4.80. The Kier molecular flexibility index (Phi) is 21.6. The molecule has 0 aliphatic rings. The smallest absolute Gasteiger partial charge is 0.407 e. The molecule has 0 aliphatic carbocycles. The van der Waals surface area contributed by atoms with E-state index in [4.69, 9.17) is 29.9 Å². The maximum Gasteiger partial charge on any atom is 0.407 e. The van der Waals surface area contributed by atoms with Gasteiger partial charge in [-0.15, -0.1) is 0 Å². The average Bonchev–Trinajstić information content (AvgIpc) is 2.76. The molecule has 11 nitrogen and oxygen atoms in total. The molecule has 0 saturated carbocycles. The van der Waals surface area contributed by atoms with E-state index in [2.05, 4.69) is 5.32 Å². The molecule has 11 heteroatoms. The summed E-state index contributed by atoms with van der Waals surface area (Å²) in [6, 6.07) is 0. The zero-order valence-electron chi connectivity index (χ0n) is 19.3. The van der Waals surface area contributed by atoms with Crippen LogP contribution in [0.4, 0.5) is 4.79 Å². The van der Waals surface area contributed by atoms with Crippen molar-refractivity contribution in [3.05, 3.63) is 0 Å². The summed E-state index contributed by atoms with van der Waals surface area (Å²) in [5.74, 6) is -0.237. The Labute approximate surface area is 191 Å². The van der Waals surface area contributed by atoms with Crippen LogP contribution in [0.5, 0.6) is 0 Å². The quantitative estimate of drug-likeness (QED) is 0.101. The number of hydrogen-bond acceptors (Lipinski definition) is 10. The standard InChI is InChI=1S/C21H43N3O8/c25-14-8-23(9-15-26)12-18-31-20(29)6-4-2-1-3-5-7-22-21(30)32-19-13-24(10-16-27)11-17-28/h25-28H,1-19H2,(H,22,30). The Morgan fingerprint density at radius 2 is 1.09 bits per heavy atom. The van der Waals surface area contributed by atoms with Gasteiger partial charge in [-0.2, -0.15) is 0 Å². The third kappa shape index (κ3) is 19.2. The first kappa shape index (κ1) is 30.5. The van der Waals surface area contributed by atoms with E-state index in [1.807, 2.05) is 9.80 Å². The molecule has 5 N–H and O–H groups in total. The van der Waals surface area contributed by atoms with Crippen LogP contribution in [0, 0.1) is 0 Å². The molecule has 0 bridgehead atoms. The van der Waals surface area contributed by atoms with Gasteiger partial charge in [-0.05, 0) is 12.8 Å². The highest BCUT2D eigenvalue weighted by Crippen LogP contribution is 2.06. The van der Waals surface area contributed by atoms with Crippen LogP contribution in [0.1, 0.15) is 38.5 Å². The lowest BCUT2D eigenvalue weighted by molar-refractivity contribution is -0.144. The SMILES string of the molecule is O=C(CCCCCCCNC(=O)OCCN(CCO)CCO)OCCN(CCO)CCO. The second-order valence-corrected chi connectivity index (χ2v) is 7.38. The maximum atomic E-state index is 11.7. The Balaban J connectivity index is 3.55. The van der Waals surface area contributed by atoms with Crippen molar-refractivity contribution in [2.45, 2.75) is 38.5 Å². The predicted octanol–water partition coefficient (Wildman–Crippen LogP) is -0.830. The summed E-state index contributed by atoms with van der Waals surface area (Å²) in [7, 11) is 0. The monoisotopic (exact) mass is 465 g/mol. The first-order chi connectivity index (χ1) is 15.6. The lowest BCUT2D eigenvalue weighted by atomic mass is 10.1. The Hall–Kier alpha value is -1.50. The number of unbranched alkanes of at least 4 members (excludes halogenated alkanes) is 4. The van der Waals surface area contributed by atoms with Crippen molar-refractivity contribution in [3.8, 4) is 0 Å². The van der Waals surface area contributed by atoms with Crippen molar-refractivity contribution in [1.29, 1.82) is 0 Å². The number of hydrogen-bond donors (Lipinski definition) is 5. The molecule has 0 aromatic rings. The van der Waals surface area contributed by atoms with Crippen LogP contribution >= 0.6 is 0 Å². The number of ether oxygens (including phenoxy) is 2. The van der Waals surface area contributed by atoms with Gasteiger partial charge < -0.3 is 35.2 Å². The van der Waals surface area contributed by atoms with Crippen molar-refractivity contribution in [2.75, 3.05) is 85.5 Å². The molecular weight excluding hydrogens is 422 g/mol. The zero-order chi connectivity index (χ0) is 23.9. The summed E-state index contributed by atoms with van der Waals surface area (Å²) >= 11 is 0. The number of nitrogens with one attached hydrogen (secondary N) is 1. The van der Waals surface area contributed by atoms with Gasteiger partial charge in [0.1, 0.15) is 13.2 Å². The summed E-state index contributed by atoms with van der Waals surface area (Å²) < 4.78 is 10.3. The number of aliphatic hydroxyl groups excluding tert-OH is 4. The maximum absolute atomic E-state index is 11.7. The van der Waals surface area contributed by atoms with Crippen molar-refractivity contribution in [2.24, 2.45) is 0 Å². The molecule has 0 spiro atoms. The largest absolute Gasteiger partial charge is 0.464 e. The molecule has 0 aromatic heterocycles. The molecule has 0 saturated heterocycles. The Morgan fingerprint density at radius 3 is 1.62 bits per heavy atom. The van der Waals surface area contributed by atoms with E-state index in [1.54, 1.807) is 0 Å². The van der Waals surface area contributed by atoms with Crippen LogP contribution in [0.25, 0.3) is 0 Å². The van der Waals surface area contributed by atoms with Gasteiger partial charge in [0, 0.05) is 52.2 Å². The van der Waals surface area contributed by atoms with Crippen LogP contribution in [0.3, 0.4) is 0 Å². The Bertz CT molecular complexity index is 405. The van der Waals surface area contributed by atoms with Gasteiger partial charge in [0.25, 0.3) is 0 Å². The van der Waals surface area contributed by atoms with Gasteiger partial charge in [0.2, 0.25) is 0 Å². The van der Waals surface area contributed by atoms with E-state index in [0.717, 1.165) is 32.1 Å². The lowest BCUT2D eigenvalue weighted by Gasteiger charge is -2.19. The molecule has 0 aromatic carbocycles. The van der Waals surface area contributed by atoms with E-state index in [-0.39, 0.29) is 45.6 Å². The molecule has 0 fully saturated rings. The van der Waals surface area contributed by atoms with Crippen molar-refractivity contribution in [3.63, 3.8) is 0 Å². The highest BCUT2D eigenvalue weighted by Gasteiger charge is 2.08. The highest BCUT2D eigenvalue weighted by atomic mass is 16.5. The van der Waals surface area contributed by atoms with Crippen molar-refractivity contribution >= 4 is 12.1 Å². The van der Waals surface area contributed by atoms with E-state index in [9.17, 15) is 9.59 Å². The number of aliphatic hydroxyl groups is 4. The lowest BCUT2D eigenvalue weighted by Crippen LogP contribution is -2.35. The van der Waals surface area contributed by atoms with Crippen LogP contribution < -0.4 is 5.32 Å². The normalized spacial score (nSPS) is 11.2. The fourth-order valence-corrected chi connectivity index (χ4v) is 3.03. The van der Waals surface area contributed by atoms with Gasteiger partial charge in [-0.3, -0.25) is 14.6 Å². The molecule has 0 radical (unpaired) electrons. The van der Waals surface area contributed by atoms with E-state index >= 15 is 0 Å². The summed E-state index contributed by atoms with van der Waals surface area (Å²) in [4.78, 5) is 27.0. The van der Waals surface area contributed by atoms with Gasteiger partial charge in [-0.1, -0.05) is 19.3 Å². The molecule has 0 unspecified atom stereocenters. The molecule has 0 atom stereocenters.